The first-order chi connectivity index (χ1) is 11.6. The monoisotopic (exact) mass is 453 g/mol. The number of fused-ring (bicyclic) bond motifs is 1. The molecule has 2 N–H and O–H groups in total. The Hall–Kier alpha value is -1.61. The number of benzene rings is 2. The molecule has 0 aliphatic heterocycles. The number of carbonyl (C=O) groups is 1. The van der Waals surface area contributed by atoms with E-state index in [1.807, 2.05) is 18.2 Å². The third-order valence-corrected chi connectivity index (χ3v) is 5.76. The molecule has 1 aromatic heterocycles. The quantitative estimate of drug-likeness (QED) is 0.578. The van der Waals surface area contributed by atoms with Gasteiger partial charge in [0.2, 0.25) is 0 Å². The van der Waals surface area contributed by atoms with Crippen LogP contribution in [-0.4, -0.2) is 22.1 Å². The van der Waals surface area contributed by atoms with Gasteiger partial charge in [0.05, 0.1) is 16.0 Å². The van der Waals surface area contributed by atoms with Gasteiger partial charge in [0.1, 0.15) is 9.52 Å². The van der Waals surface area contributed by atoms with E-state index in [4.69, 9.17) is 0 Å². The number of hydrogen-bond acceptors (Lipinski definition) is 3. The number of hydrogen-bond donors (Lipinski definition) is 2. The zero-order valence-corrected chi connectivity index (χ0v) is 15.4. The van der Waals surface area contributed by atoms with Crippen LogP contribution in [0.5, 0.6) is 0 Å². The molecule has 0 saturated heterocycles. The normalized spacial score (nSPS) is 14.1. The highest BCUT2D eigenvalue weighted by atomic mass is 127. The molecule has 4 nitrogen and oxygen atoms in total. The molecule has 3 aromatic rings. The van der Waals surface area contributed by atoms with E-state index >= 15 is 0 Å². The van der Waals surface area contributed by atoms with Gasteiger partial charge in [-0.25, -0.2) is 4.39 Å². The Morgan fingerprint density at radius 2 is 2.17 bits per heavy atom. The van der Waals surface area contributed by atoms with Crippen LogP contribution in [0.4, 0.5) is 4.39 Å². The van der Waals surface area contributed by atoms with Crippen LogP contribution in [0.1, 0.15) is 23.2 Å². The largest absolute Gasteiger partial charge is 0.349 e. The summed E-state index contributed by atoms with van der Waals surface area (Å²) < 4.78 is 15.3. The average Bonchev–Trinajstić information content (AvgIpc) is 3.31. The fourth-order valence-corrected chi connectivity index (χ4v) is 3.98. The van der Waals surface area contributed by atoms with E-state index in [1.165, 1.54) is 17.8 Å². The van der Waals surface area contributed by atoms with Crippen LogP contribution in [-0.2, 0) is 0 Å². The van der Waals surface area contributed by atoms with Crippen molar-refractivity contribution in [2.24, 2.45) is 0 Å². The first-order valence-corrected chi connectivity index (χ1v) is 9.42. The minimum atomic E-state index is -0.389. The number of halogens is 2. The van der Waals surface area contributed by atoms with Gasteiger partial charge < -0.3 is 5.32 Å². The highest BCUT2D eigenvalue weighted by molar-refractivity contribution is 14.1. The lowest BCUT2D eigenvalue weighted by Crippen LogP contribution is -2.26. The number of carbonyl (C=O) groups excluding carboxylic acids is 1. The molecule has 1 aliphatic rings. The summed E-state index contributed by atoms with van der Waals surface area (Å²) in [5.74, 6) is -0.602. The molecule has 2 aromatic carbocycles. The number of nitrogens with zero attached hydrogens (tertiary/aromatic N) is 1. The van der Waals surface area contributed by atoms with Crippen molar-refractivity contribution in [3.05, 3.63) is 51.5 Å². The second-order valence-corrected chi connectivity index (χ2v) is 7.85. The minimum absolute atomic E-state index is 0.213. The van der Waals surface area contributed by atoms with E-state index in [-0.39, 0.29) is 17.8 Å². The molecular formula is C17H13FIN3OS. The molecule has 1 fully saturated rings. The minimum Gasteiger partial charge on any atom is -0.349 e. The number of aromatic nitrogens is 2. The van der Waals surface area contributed by atoms with Crippen molar-refractivity contribution in [3.8, 4) is 0 Å². The fraction of sp³-hybridized carbons (Fsp3) is 0.176. The van der Waals surface area contributed by atoms with E-state index in [2.05, 4.69) is 38.1 Å². The Morgan fingerprint density at radius 1 is 1.33 bits per heavy atom. The zero-order chi connectivity index (χ0) is 16.7. The summed E-state index contributed by atoms with van der Waals surface area (Å²) in [6, 6.07) is 10.6. The number of amides is 1. The van der Waals surface area contributed by atoms with Crippen molar-refractivity contribution < 1.29 is 9.18 Å². The van der Waals surface area contributed by atoms with Crippen LogP contribution in [0.2, 0.25) is 0 Å². The van der Waals surface area contributed by atoms with Crippen LogP contribution in [0, 0.1) is 9.52 Å². The van der Waals surface area contributed by atoms with Crippen molar-refractivity contribution in [2.75, 3.05) is 0 Å². The van der Waals surface area contributed by atoms with Crippen LogP contribution in [0.15, 0.2) is 46.2 Å². The maximum Gasteiger partial charge on any atom is 0.252 e. The van der Waals surface area contributed by atoms with Gasteiger partial charge >= 0.3 is 0 Å². The molecule has 4 rings (SSSR count). The Bertz CT molecular complexity index is 939. The predicted molar refractivity (Wildman–Crippen MR) is 99.8 cm³/mol. The summed E-state index contributed by atoms with van der Waals surface area (Å²) in [7, 11) is 0. The molecule has 122 valence electrons. The summed E-state index contributed by atoms with van der Waals surface area (Å²) in [5, 5.41) is 11.1. The topological polar surface area (TPSA) is 57.8 Å². The first-order valence-electron chi connectivity index (χ1n) is 7.52. The summed E-state index contributed by atoms with van der Waals surface area (Å²) in [4.78, 5) is 13.6. The van der Waals surface area contributed by atoms with E-state index in [9.17, 15) is 9.18 Å². The average molecular weight is 453 g/mol. The van der Waals surface area contributed by atoms with Crippen LogP contribution < -0.4 is 5.32 Å². The number of H-pyrrole nitrogens is 1. The summed E-state index contributed by atoms with van der Waals surface area (Å²) in [5.41, 5.74) is 1.20. The summed E-state index contributed by atoms with van der Waals surface area (Å²) in [6.45, 7) is 0. The third kappa shape index (κ3) is 3.14. The van der Waals surface area contributed by atoms with E-state index in [1.54, 1.807) is 12.1 Å². The van der Waals surface area contributed by atoms with Crippen molar-refractivity contribution in [2.45, 2.75) is 28.7 Å². The molecule has 0 unspecified atom stereocenters. The molecule has 1 aliphatic carbocycles. The van der Waals surface area contributed by atoms with E-state index in [0.29, 0.717) is 10.5 Å². The molecule has 7 heteroatoms. The second-order valence-electron chi connectivity index (χ2n) is 5.68. The fourth-order valence-electron chi connectivity index (χ4n) is 2.42. The lowest BCUT2D eigenvalue weighted by molar-refractivity contribution is 0.0947. The van der Waals surface area contributed by atoms with Gasteiger partial charge in [0.15, 0.2) is 0 Å². The molecular weight excluding hydrogens is 440 g/mol. The summed E-state index contributed by atoms with van der Waals surface area (Å²) in [6.07, 6.45) is 2.00. The molecule has 24 heavy (non-hydrogen) atoms. The second kappa shape index (κ2) is 6.36. The molecule has 0 radical (unpaired) electrons. The van der Waals surface area contributed by atoms with Gasteiger partial charge in [-0.05, 0) is 65.8 Å². The molecule has 0 spiro atoms. The van der Waals surface area contributed by atoms with Gasteiger partial charge in [0, 0.05) is 16.3 Å². The lowest BCUT2D eigenvalue weighted by Gasteiger charge is -2.10. The van der Waals surface area contributed by atoms with Crippen molar-refractivity contribution in [3.63, 3.8) is 0 Å². The van der Waals surface area contributed by atoms with Crippen LogP contribution in [0.3, 0.4) is 0 Å². The maximum atomic E-state index is 14.3. The highest BCUT2D eigenvalue weighted by Gasteiger charge is 2.25. The number of nitrogens with one attached hydrogen (secondary N) is 2. The van der Waals surface area contributed by atoms with Gasteiger partial charge in [-0.3, -0.25) is 9.89 Å². The summed E-state index contributed by atoms with van der Waals surface area (Å²) >= 11 is 3.44. The zero-order valence-electron chi connectivity index (χ0n) is 12.5. The van der Waals surface area contributed by atoms with Gasteiger partial charge in [0.25, 0.3) is 5.91 Å². The Balaban J connectivity index is 1.68. The van der Waals surface area contributed by atoms with Gasteiger partial charge in [-0.2, -0.15) is 5.10 Å². The Labute approximate surface area is 155 Å². The highest BCUT2D eigenvalue weighted by Crippen LogP contribution is 2.35. The Morgan fingerprint density at radius 3 is 2.96 bits per heavy atom. The number of aromatic amines is 1. The first kappa shape index (κ1) is 15.9. The molecule has 1 heterocycles. The third-order valence-electron chi connectivity index (χ3n) is 3.82. The van der Waals surface area contributed by atoms with Crippen molar-refractivity contribution in [1.82, 2.24) is 15.5 Å². The molecule has 0 atom stereocenters. The Kier molecular flexibility index (Phi) is 4.21. The maximum absolute atomic E-state index is 14.3. The SMILES string of the molecule is O=C(NC1CC1)c1cccc(F)c1Sc1ccc2c(I)[nH]nc2c1. The number of rotatable bonds is 4. The predicted octanol–water partition coefficient (Wildman–Crippen LogP) is 4.35. The van der Waals surface area contributed by atoms with Crippen molar-refractivity contribution in [1.29, 1.82) is 0 Å². The van der Waals surface area contributed by atoms with Gasteiger partial charge in [-0.15, -0.1) is 0 Å². The lowest BCUT2D eigenvalue weighted by atomic mass is 10.2. The van der Waals surface area contributed by atoms with E-state index < -0.39 is 0 Å². The van der Waals surface area contributed by atoms with Crippen LogP contribution in [0.25, 0.3) is 10.9 Å². The van der Waals surface area contributed by atoms with Gasteiger partial charge in [-0.1, -0.05) is 17.8 Å². The molecule has 0 bridgehead atoms. The van der Waals surface area contributed by atoms with Crippen LogP contribution >= 0.6 is 34.4 Å². The van der Waals surface area contributed by atoms with Crippen molar-refractivity contribution >= 4 is 51.2 Å². The van der Waals surface area contributed by atoms with E-state index in [0.717, 1.165) is 32.3 Å². The smallest absolute Gasteiger partial charge is 0.252 e. The molecule has 1 amide bonds. The standard InChI is InChI=1S/C17H13FIN3OS/c18-13-3-1-2-12(17(23)20-9-4-5-9)15(13)24-10-6-7-11-14(8-10)21-22-16(11)19/h1-3,6-9H,4-5H2,(H,20,23)(H,21,22). The molecule has 1 saturated carbocycles.